The SMILES string of the molecule is NS(=O)(=O)c1cccc(NC(=O)CSc2nnc(N3CCOCC3)n2Cc2ccco2)c1. The highest BCUT2D eigenvalue weighted by atomic mass is 32.2. The molecule has 13 heteroatoms. The van der Waals surface area contributed by atoms with Gasteiger partial charge in [0.2, 0.25) is 21.9 Å². The van der Waals surface area contributed by atoms with Crippen LogP contribution in [0.25, 0.3) is 0 Å². The summed E-state index contributed by atoms with van der Waals surface area (Å²) < 4.78 is 35.8. The van der Waals surface area contributed by atoms with Crippen LogP contribution in [0.3, 0.4) is 0 Å². The number of anilines is 2. The Bertz CT molecular complexity index is 1170. The van der Waals surface area contributed by atoms with E-state index in [1.165, 1.54) is 30.0 Å². The molecule has 0 unspecified atom stereocenters. The number of hydrogen-bond acceptors (Lipinski definition) is 9. The lowest BCUT2D eigenvalue weighted by Crippen LogP contribution is -2.38. The smallest absolute Gasteiger partial charge is 0.238 e. The van der Waals surface area contributed by atoms with Crippen molar-refractivity contribution in [1.29, 1.82) is 0 Å². The third-order valence-electron chi connectivity index (χ3n) is 4.66. The van der Waals surface area contributed by atoms with Crippen molar-refractivity contribution in [3.63, 3.8) is 0 Å². The van der Waals surface area contributed by atoms with Crippen molar-refractivity contribution < 1.29 is 22.4 Å². The number of furan rings is 1. The fourth-order valence-electron chi connectivity index (χ4n) is 3.16. The highest BCUT2D eigenvalue weighted by molar-refractivity contribution is 7.99. The van der Waals surface area contributed by atoms with Gasteiger partial charge in [0, 0.05) is 18.8 Å². The van der Waals surface area contributed by atoms with Crippen molar-refractivity contribution in [1.82, 2.24) is 14.8 Å². The molecule has 0 bridgehead atoms. The number of amides is 1. The number of benzene rings is 1. The summed E-state index contributed by atoms with van der Waals surface area (Å²) in [6.45, 7) is 3.03. The van der Waals surface area contributed by atoms with Gasteiger partial charge in [0.25, 0.3) is 0 Å². The zero-order valence-electron chi connectivity index (χ0n) is 17.0. The van der Waals surface area contributed by atoms with Crippen molar-refractivity contribution in [2.75, 3.05) is 42.3 Å². The van der Waals surface area contributed by atoms with Crippen LogP contribution in [0.5, 0.6) is 0 Å². The number of hydrogen-bond donors (Lipinski definition) is 2. The average Bonchev–Trinajstić information content (AvgIpc) is 3.43. The molecule has 1 aliphatic heterocycles. The van der Waals surface area contributed by atoms with Crippen LogP contribution in [0.2, 0.25) is 0 Å². The Labute approximate surface area is 189 Å². The number of thioether (sulfide) groups is 1. The van der Waals surface area contributed by atoms with Gasteiger partial charge in [0.05, 0.1) is 36.7 Å². The van der Waals surface area contributed by atoms with Crippen LogP contribution >= 0.6 is 11.8 Å². The zero-order chi connectivity index (χ0) is 22.6. The van der Waals surface area contributed by atoms with Crippen molar-refractivity contribution >= 4 is 39.3 Å². The molecule has 3 N–H and O–H groups in total. The van der Waals surface area contributed by atoms with E-state index in [1.54, 1.807) is 12.3 Å². The molecule has 3 aromatic rings. The van der Waals surface area contributed by atoms with Crippen LogP contribution in [-0.4, -0.2) is 61.1 Å². The molecule has 0 saturated carbocycles. The Morgan fingerprint density at radius 3 is 2.72 bits per heavy atom. The standard InChI is InChI=1S/C19H22N6O5S2/c20-32(27,28)16-5-1-3-14(11-16)21-17(26)13-31-19-23-22-18(24-6-9-29-10-7-24)25(19)12-15-4-2-8-30-15/h1-5,8,11H,6-7,9-10,12-13H2,(H,21,26)(H2,20,27,28). The minimum absolute atomic E-state index is 0.0546. The maximum atomic E-state index is 12.5. The number of ether oxygens (including phenoxy) is 1. The molecule has 0 atom stereocenters. The van der Waals surface area contributed by atoms with Gasteiger partial charge in [-0.2, -0.15) is 0 Å². The number of primary sulfonamides is 1. The monoisotopic (exact) mass is 478 g/mol. The molecule has 0 aliphatic carbocycles. The molecule has 1 aliphatic rings. The lowest BCUT2D eigenvalue weighted by molar-refractivity contribution is -0.113. The molecule has 11 nitrogen and oxygen atoms in total. The Balaban J connectivity index is 1.46. The van der Waals surface area contributed by atoms with Gasteiger partial charge in [0.1, 0.15) is 5.76 Å². The molecule has 1 saturated heterocycles. The maximum absolute atomic E-state index is 12.5. The van der Waals surface area contributed by atoms with Gasteiger partial charge in [-0.1, -0.05) is 17.8 Å². The fraction of sp³-hybridized carbons (Fsp3) is 0.316. The maximum Gasteiger partial charge on any atom is 0.238 e. The number of aromatic nitrogens is 3. The first-order valence-corrected chi connectivity index (χ1v) is 12.3. The predicted molar refractivity (Wildman–Crippen MR) is 118 cm³/mol. The molecule has 1 amide bonds. The predicted octanol–water partition coefficient (Wildman–Crippen LogP) is 1.13. The molecule has 4 rings (SSSR count). The first kappa shape index (κ1) is 22.3. The van der Waals surface area contributed by atoms with E-state index < -0.39 is 10.0 Å². The van der Waals surface area contributed by atoms with E-state index in [4.69, 9.17) is 14.3 Å². The number of carbonyl (C=O) groups is 1. The number of sulfonamides is 1. The highest BCUT2D eigenvalue weighted by Crippen LogP contribution is 2.25. The van der Waals surface area contributed by atoms with E-state index in [0.29, 0.717) is 49.6 Å². The third kappa shape index (κ3) is 5.48. The lowest BCUT2D eigenvalue weighted by Gasteiger charge is -2.27. The van der Waals surface area contributed by atoms with E-state index in [1.807, 2.05) is 16.7 Å². The van der Waals surface area contributed by atoms with Crippen molar-refractivity contribution in [2.45, 2.75) is 16.6 Å². The molecule has 3 heterocycles. The fourth-order valence-corrected chi connectivity index (χ4v) is 4.45. The number of nitrogens with zero attached hydrogens (tertiary/aromatic N) is 4. The Kier molecular flexibility index (Phi) is 6.79. The molecule has 1 fully saturated rings. The Morgan fingerprint density at radius 2 is 2.00 bits per heavy atom. The number of rotatable bonds is 8. The summed E-state index contributed by atoms with van der Waals surface area (Å²) in [5.41, 5.74) is 0.341. The number of morpholine rings is 1. The summed E-state index contributed by atoms with van der Waals surface area (Å²) in [7, 11) is -3.86. The van der Waals surface area contributed by atoms with Gasteiger partial charge < -0.3 is 19.4 Å². The quantitative estimate of drug-likeness (QED) is 0.455. The van der Waals surface area contributed by atoms with Crippen LogP contribution in [0.15, 0.2) is 57.1 Å². The second-order valence-corrected chi connectivity index (χ2v) is 9.46. The average molecular weight is 479 g/mol. The van der Waals surface area contributed by atoms with E-state index in [9.17, 15) is 13.2 Å². The first-order valence-electron chi connectivity index (χ1n) is 9.74. The van der Waals surface area contributed by atoms with Gasteiger partial charge in [0.15, 0.2) is 5.16 Å². The van der Waals surface area contributed by atoms with Crippen LogP contribution < -0.4 is 15.4 Å². The summed E-state index contributed by atoms with van der Waals surface area (Å²) in [5, 5.41) is 17.0. The van der Waals surface area contributed by atoms with Crippen molar-refractivity contribution in [2.24, 2.45) is 5.14 Å². The van der Waals surface area contributed by atoms with Crippen LogP contribution in [-0.2, 0) is 26.1 Å². The summed E-state index contributed by atoms with van der Waals surface area (Å²) in [6, 6.07) is 9.45. The van der Waals surface area contributed by atoms with Crippen LogP contribution in [0.1, 0.15) is 5.76 Å². The number of carbonyl (C=O) groups excluding carboxylic acids is 1. The van der Waals surface area contributed by atoms with Gasteiger partial charge >= 0.3 is 0 Å². The number of nitrogens with two attached hydrogens (primary N) is 1. The van der Waals surface area contributed by atoms with Crippen LogP contribution in [0.4, 0.5) is 11.6 Å². The topological polar surface area (TPSA) is 146 Å². The highest BCUT2D eigenvalue weighted by Gasteiger charge is 2.22. The molecule has 1 aromatic carbocycles. The second kappa shape index (κ2) is 9.73. The normalized spacial score (nSPS) is 14.5. The van der Waals surface area contributed by atoms with Crippen LogP contribution in [0, 0.1) is 0 Å². The largest absolute Gasteiger partial charge is 0.467 e. The Morgan fingerprint density at radius 1 is 1.19 bits per heavy atom. The third-order valence-corrected chi connectivity index (χ3v) is 6.54. The van der Waals surface area contributed by atoms with Gasteiger partial charge in [-0.3, -0.25) is 9.36 Å². The molecule has 0 radical (unpaired) electrons. The summed E-state index contributed by atoms with van der Waals surface area (Å²) in [4.78, 5) is 14.5. The van der Waals surface area contributed by atoms with E-state index >= 15 is 0 Å². The van der Waals surface area contributed by atoms with E-state index in [2.05, 4.69) is 20.4 Å². The Hall–Kier alpha value is -2.87. The molecular weight excluding hydrogens is 456 g/mol. The minimum atomic E-state index is -3.86. The minimum Gasteiger partial charge on any atom is -0.467 e. The second-order valence-electron chi connectivity index (χ2n) is 6.96. The van der Waals surface area contributed by atoms with E-state index in [-0.39, 0.29) is 16.6 Å². The van der Waals surface area contributed by atoms with Gasteiger partial charge in [-0.25, -0.2) is 13.6 Å². The van der Waals surface area contributed by atoms with Gasteiger partial charge in [-0.15, -0.1) is 10.2 Å². The lowest BCUT2D eigenvalue weighted by atomic mass is 10.3. The number of nitrogens with one attached hydrogen (secondary N) is 1. The molecule has 170 valence electrons. The van der Waals surface area contributed by atoms with E-state index in [0.717, 1.165) is 5.76 Å². The molecule has 2 aromatic heterocycles. The molecule has 0 spiro atoms. The van der Waals surface area contributed by atoms with Gasteiger partial charge in [-0.05, 0) is 30.3 Å². The zero-order valence-corrected chi connectivity index (χ0v) is 18.6. The summed E-state index contributed by atoms with van der Waals surface area (Å²) in [6.07, 6.45) is 1.60. The summed E-state index contributed by atoms with van der Waals surface area (Å²) >= 11 is 1.23. The molecule has 32 heavy (non-hydrogen) atoms. The summed E-state index contributed by atoms with van der Waals surface area (Å²) in [5.74, 6) is 1.17. The van der Waals surface area contributed by atoms with Crippen molar-refractivity contribution in [3.8, 4) is 0 Å². The molecular formula is C19H22N6O5S2. The van der Waals surface area contributed by atoms with Crippen molar-refractivity contribution in [3.05, 3.63) is 48.4 Å². The first-order chi connectivity index (χ1) is 15.4.